The number of hydrogen-bond donors (Lipinski definition) is 1. The summed E-state index contributed by atoms with van der Waals surface area (Å²) in [5.74, 6) is 0. The number of aryl methyl sites for hydroxylation is 2. The van der Waals surface area contributed by atoms with Gasteiger partial charge in [0.05, 0.1) is 23.8 Å². The first kappa shape index (κ1) is 21.9. The van der Waals surface area contributed by atoms with E-state index in [4.69, 9.17) is 0 Å². The number of likely N-dealkylation sites (N-methyl/N-ethyl adjacent to an activating group) is 1. The molecule has 0 amide bonds. The van der Waals surface area contributed by atoms with Crippen LogP contribution in [0.2, 0.25) is 0 Å². The molecule has 1 atom stereocenters. The van der Waals surface area contributed by atoms with Crippen molar-refractivity contribution in [1.82, 2.24) is 10.2 Å². The molecule has 0 aliphatic carbocycles. The van der Waals surface area contributed by atoms with E-state index < -0.39 is 0 Å². The third-order valence-corrected chi connectivity index (χ3v) is 4.91. The van der Waals surface area contributed by atoms with Crippen molar-refractivity contribution in [3.63, 3.8) is 0 Å². The molecule has 0 saturated carbocycles. The maximum absolute atomic E-state index is 3.56. The molecule has 28 heavy (non-hydrogen) atoms. The van der Waals surface area contributed by atoms with Crippen LogP contribution in [0.1, 0.15) is 56.0 Å². The molecule has 2 rings (SSSR count). The SMILES string of the molecule is CCN(CC)C(C=[C+]/C=C(\NC(C)C)c1ccc(C)cc1)c1ccc(C)cc1. The lowest BCUT2D eigenvalue weighted by atomic mass is 10.0. The van der Waals surface area contributed by atoms with Gasteiger partial charge >= 0.3 is 0 Å². The molecule has 1 N–H and O–H groups in total. The van der Waals surface area contributed by atoms with Crippen LogP contribution in [0.25, 0.3) is 5.70 Å². The zero-order valence-corrected chi connectivity index (χ0v) is 18.3. The number of rotatable bonds is 9. The van der Waals surface area contributed by atoms with Crippen molar-refractivity contribution in [3.8, 4) is 0 Å². The van der Waals surface area contributed by atoms with Crippen molar-refractivity contribution in [2.45, 2.75) is 53.6 Å². The third kappa shape index (κ3) is 6.34. The Hall–Kier alpha value is -2.41. The maximum atomic E-state index is 3.56. The lowest BCUT2D eigenvalue weighted by Crippen LogP contribution is -2.27. The number of benzene rings is 2. The zero-order chi connectivity index (χ0) is 20.5. The Morgan fingerprint density at radius 2 is 1.46 bits per heavy atom. The Balaban J connectivity index is 2.33. The molecule has 2 aromatic rings. The largest absolute Gasteiger partial charge is 0.307 e. The van der Waals surface area contributed by atoms with Crippen LogP contribution in [-0.2, 0) is 0 Å². The Kier molecular flexibility index (Phi) is 8.44. The van der Waals surface area contributed by atoms with Crippen LogP contribution >= 0.6 is 0 Å². The molecule has 0 aliphatic rings. The van der Waals surface area contributed by atoms with E-state index in [1.807, 2.05) is 0 Å². The van der Waals surface area contributed by atoms with Gasteiger partial charge in [0.1, 0.15) is 0 Å². The Bertz CT molecular complexity index is 763. The van der Waals surface area contributed by atoms with Crippen LogP contribution in [-0.4, -0.2) is 24.0 Å². The van der Waals surface area contributed by atoms with E-state index in [1.54, 1.807) is 0 Å². The first-order valence-electron chi connectivity index (χ1n) is 10.4. The van der Waals surface area contributed by atoms with E-state index in [0.717, 1.165) is 18.8 Å². The first-order chi connectivity index (χ1) is 13.4. The van der Waals surface area contributed by atoms with Gasteiger partial charge < -0.3 is 5.32 Å². The minimum absolute atomic E-state index is 0.227. The van der Waals surface area contributed by atoms with Crippen LogP contribution < -0.4 is 5.32 Å². The van der Waals surface area contributed by atoms with E-state index in [-0.39, 0.29) is 6.04 Å². The van der Waals surface area contributed by atoms with E-state index in [9.17, 15) is 0 Å². The fraction of sp³-hybridized carbons (Fsp3) is 0.385. The molecule has 0 heterocycles. The van der Waals surface area contributed by atoms with Crippen LogP contribution in [0.15, 0.2) is 60.7 Å². The number of allylic oxidation sites excluding steroid dienone is 2. The molecule has 0 saturated heterocycles. The predicted molar refractivity (Wildman–Crippen MR) is 122 cm³/mol. The number of nitrogens with zero attached hydrogens (tertiary/aromatic N) is 1. The van der Waals surface area contributed by atoms with Gasteiger partial charge in [-0.1, -0.05) is 61.4 Å². The maximum Gasteiger partial charge on any atom is 0.185 e. The lowest BCUT2D eigenvalue weighted by Gasteiger charge is -2.26. The Morgan fingerprint density at radius 1 is 0.929 bits per heavy atom. The van der Waals surface area contributed by atoms with Gasteiger partial charge in [-0.25, -0.2) is 0 Å². The summed E-state index contributed by atoms with van der Waals surface area (Å²) in [6.07, 6.45) is 7.74. The summed E-state index contributed by atoms with van der Waals surface area (Å²) in [5, 5.41) is 3.56. The molecule has 2 heteroatoms. The van der Waals surface area contributed by atoms with Gasteiger partial charge in [0.2, 0.25) is 0 Å². The molecule has 0 aliphatic heterocycles. The molecule has 0 fully saturated rings. The summed E-state index contributed by atoms with van der Waals surface area (Å²) in [6, 6.07) is 18.1. The van der Waals surface area contributed by atoms with Gasteiger partial charge in [0, 0.05) is 6.04 Å². The summed E-state index contributed by atoms with van der Waals surface area (Å²) in [6.45, 7) is 15.0. The number of hydrogen-bond acceptors (Lipinski definition) is 2. The summed E-state index contributed by atoms with van der Waals surface area (Å²) in [4.78, 5) is 2.45. The standard InChI is InChI=1S/C26H35N2/c1-7-28(8-2)26(24-18-14-22(6)15-19-24)11-9-10-25(27-20(3)4)23-16-12-21(5)13-17-23/h10-20,26-27H,7-8H2,1-6H3/q+1/b25-10-. The lowest BCUT2D eigenvalue weighted by molar-refractivity contribution is 0.257. The normalized spacial score (nSPS) is 13.2. The topological polar surface area (TPSA) is 15.3 Å². The van der Waals surface area contributed by atoms with Gasteiger partial charge in [-0.05, 0) is 58.5 Å². The second-order valence-corrected chi connectivity index (χ2v) is 7.63. The van der Waals surface area contributed by atoms with Gasteiger partial charge in [0.15, 0.2) is 11.8 Å². The zero-order valence-electron chi connectivity index (χ0n) is 18.3. The second kappa shape index (κ2) is 10.8. The van der Waals surface area contributed by atoms with E-state index in [2.05, 4.69) is 119 Å². The van der Waals surface area contributed by atoms with Crippen molar-refractivity contribution in [1.29, 1.82) is 0 Å². The molecule has 148 valence electrons. The fourth-order valence-corrected chi connectivity index (χ4v) is 3.27. The highest BCUT2D eigenvalue weighted by atomic mass is 15.1. The van der Waals surface area contributed by atoms with E-state index in [0.29, 0.717) is 6.04 Å². The van der Waals surface area contributed by atoms with Gasteiger partial charge in [-0.15, -0.1) is 0 Å². The van der Waals surface area contributed by atoms with Crippen LogP contribution in [0.4, 0.5) is 0 Å². The molecule has 2 aromatic carbocycles. The van der Waals surface area contributed by atoms with Crippen molar-refractivity contribution in [3.05, 3.63) is 89.0 Å². The molecule has 0 radical (unpaired) electrons. The molecular formula is C26H35N2+. The molecule has 0 spiro atoms. The van der Waals surface area contributed by atoms with Gasteiger partial charge in [-0.3, -0.25) is 4.90 Å². The monoisotopic (exact) mass is 375 g/mol. The summed E-state index contributed by atoms with van der Waals surface area (Å²) in [5.41, 5.74) is 6.16. The first-order valence-corrected chi connectivity index (χ1v) is 10.4. The minimum Gasteiger partial charge on any atom is -0.307 e. The van der Waals surface area contributed by atoms with Crippen molar-refractivity contribution >= 4 is 5.70 Å². The Morgan fingerprint density at radius 3 is 1.96 bits per heavy atom. The van der Waals surface area contributed by atoms with Crippen molar-refractivity contribution in [2.75, 3.05) is 13.1 Å². The average Bonchev–Trinajstić information content (AvgIpc) is 2.68. The van der Waals surface area contributed by atoms with Crippen LogP contribution in [0, 0.1) is 19.9 Å². The molecule has 2 nitrogen and oxygen atoms in total. The molecular weight excluding hydrogens is 340 g/mol. The highest BCUT2D eigenvalue weighted by Gasteiger charge is 2.18. The van der Waals surface area contributed by atoms with E-state index in [1.165, 1.54) is 22.3 Å². The Labute approximate surface area is 172 Å². The summed E-state index contributed by atoms with van der Waals surface area (Å²) < 4.78 is 0. The quantitative estimate of drug-likeness (QED) is 0.422. The predicted octanol–water partition coefficient (Wildman–Crippen LogP) is 6.08. The molecule has 1 unspecified atom stereocenters. The highest BCUT2D eigenvalue weighted by Crippen LogP contribution is 2.23. The van der Waals surface area contributed by atoms with Crippen molar-refractivity contribution in [2.24, 2.45) is 0 Å². The van der Waals surface area contributed by atoms with Gasteiger partial charge in [0.25, 0.3) is 0 Å². The molecule has 0 bridgehead atoms. The third-order valence-electron chi connectivity index (χ3n) is 4.91. The smallest absolute Gasteiger partial charge is 0.185 e. The van der Waals surface area contributed by atoms with Gasteiger partial charge in [-0.2, -0.15) is 0 Å². The second-order valence-electron chi connectivity index (χ2n) is 7.63. The summed E-state index contributed by atoms with van der Waals surface area (Å²) >= 11 is 0. The highest BCUT2D eigenvalue weighted by molar-refractivity contribution is 5.65. The van der Waals surface area contributed by atoms with Crippen molar-refractivity contribution < 1.29 is 0 Å². The summed E-state index contributed by atoms with van der Waals surface area (Å²) in [7, 11) is 0. The average molecular weight is 376 g/mol. The minimum atomic E-state index is 0.227. The van der Waals surface area contributed by atoms with Crippen LogP contribution in [0.3, 0.4) is 0 Å². The van der Waals surface area contributed by atoms with E-state index >= 15 is 0 Å². The van der Waals surface area contributed by atoms with Crippen LogP contribution in [0.5, 0.6) is 0 Å². The number of nitrogens with one attached hydrogen (secondary N) is 1. The fourth-order valence-electron chi connectivity index (χ4n) is 3.27. The molecule has 0 aromatic heterocycles.